The molecule has 3 aromatic carbocycles. The highest BCUT2D eigenvalue weighted by Crippen LogP contribution is 2.44. The van der Waals surface area contributed by atoms with E-state index in [0.29, 0.717) is 0 Å². The molecule has 3 aromatic rings. The maximum absolute atomic E-state index is 12.4. The lowest BCUT2D eigenvalue weighted by molar-refractivity contribution is -0.196. The fraction of sp³-hybridized carbons (Fsp3) is 0.367. The normalized spacial score (nSPS) is 25.4. The van der Waals surface area contributed by atoms with Gasteiger partial charge in [0.1, 0.15) is 33.9 Å². The molecule has 0 aromatic heterocycles. The number of carbonyl (C=O) groups excluding carboxylic acids is 1. The third-order valence-corrected chi connectivity index (χ3v) is 8.12. The van der Waals surface area contributed by atoms with Crippen LogP contribution in [0.4, 0.5) is 0 Å². The molecule has 0 amide bonds. The summed E-state index contributed by atoms with van der Waals surface area (Å²) >= 11 is 2.06. The number of esters is 1. The third kappa shape index (κ3) is 5.07. The summed E-state index contributed by atoms with van der Waals surface area (Å²) in [6, 6.07) is 30.6. The topological polar surface area (TPSA) is 63.2 Å². The summed E-state index contributed by atoms with van der Waals surface area (Å²) in [6.07, 6.45) is -1.77. The van der Waals surface area contributed by atoms with E-state index >= 15 is 0 Å². The van der Waals surface area contributed by atoms with Crippen LogP contribution in [0.25, 0.3) is 0 Å². The summed E-state index contributed by atoms with van der Waals surface area (Å²) in [5, 5.41) is 0. The van der Waals surface area contributed by atoms with Crippen LogP contribution in [-0.4, -0.2) is 53.8 Å². The van der Waals surface area contributed by atoms with E-state index in [9.17, 15) is 4.79 Å². The number of carbonyl (C=O) groups is 1. The van der Waals surface area contributed by atoms with E-state index in [1.54, 1.807) is 0 Å². The van der Waals surface area contributed by atoms with Gasteiger partial charge in [0, 0.05) is 0 Å². The van der Waals surface area contributed by atoms with E-state index in [1.807, 2.05) is 68.4 Å². The molecule has 2 heterocycles. The summed E-state index contributed by atoms with van der Waals surface area (Å²) < 4.78 is 30.3. The van der Waals surface area contributed by atoms with E-state index < -0.39 is 33.6 Å². The second kappa shape index (κ2) is 10.8. The zero-order valence-corrected chi connectivity index (χ0v) is 23.2. The minimum absolute atomic E-state index is 0.223. The van der Waals surface area contributed by atoms with Gasteiger partial charge in [0.2, 0.25) is 0 Å². The van der Waals surface area contributed by atoms with E-state index in [2.05, 4.69) is 59.0 Å². The highest BCUT2D eigenvalue weighted by molar-refractivity contribution is 14.1. The third-order valence-electron chi connectivity index (χ3n) is 6.91. The lowest BCUT2D eigenvalue weighted by Gasteiger charge is -2.37. The van der Waals surface area contributed by atoms with Crippen molar-refractivity contribution in [2.24, 2.45) is 0 Å². The van der Waals surface area contributed by atoms with E-state index in [4.69, 9.17) is 23.7 Å². The molecule has 194 valence electrons. The summed E-state index contributed by atoms with van der Waals surface area (Å²) in [4.78, 5) is 12.4. The molecule has 0 aliphatic carbocycles. The first-order valence-electron chi connectivity index (χ1n) is 12.4. The standard InChI is InChI=1S/C30H31IO6/c1-29(2)36-25-23(35-26(27(25)37-29)24(31)28(32)33-3)19-34-30(20-13-7-4-8-14-20,21-15-9-5-10-16-21)22-17-11-6-12-18-22/h4-18,23-27H,19H2,1-3H3/t23-,24+,25-,26+,27-/m1/s1. The van der Waals surface area contributed by atoms with Crippen LogP contribution >= 0.6 is 22.6 Å². The number of benzene rings is 3. The molecule has 6 nitrogen and oxygen atoms in total. The molecule has 5 rings (SSSR count). The molecule has 37 heavy (non-hydrogen) atoms. The van der Waals surface area contributed by atoms with E-state index in [1.165, 1.54) is 7.11 Å². The maximum atomic E-state index is 12.4. The number of methoxy groups -OCH3 is 1. The van der Waals surface area contributed by atoms with Gasteiger partial charge in [-0.3, -0.25) is 4.79 Å². The summed E-state index contributed by atoms with van der Waals surface area (Å²) in [5.41, 5.74) is 2.12. The Labute approximate surface area is 231 Å². The molecule has 0 spiro atoms. The Morgan fingerprint density at radius 3 is 1.78 bits per heavy atom. The van der Waals surface area contributed by atoms with Crippen LogP contribution in [0.3, 0.4) is 0 Å². The van der Waals surface area contributed by atoms with Crippen LogP contribution in [0.1, 0.15) is 30.5 Å². The van der Waals surface area contributed by atoms with Crippen molar-refractivity contribution in [2.75, 3.05) is 13.7 Å². The van der Waals surface area contributed by atoms with Crippen molar-refractivity contribution in [2.45, 2.75) is 53.6 Å². The molecule has 2 fully saturated rings. The van der Waals surface area contributed by atoms with Gasteiger partial charge in [0.25, 0.3) is 0 Å². The smallest absolute Gasteiger partial charge is 0.321 e. The predicted molar refractivity (Wildman–Crippen MR) is 147 cm³/mol. The Balaban J connectivity index is 1.53. The van der Waals surface area contributed by atoms with Crippen LogP contribution < -0.4 is 0 Å². The molecule has 0 N–H and O–H groups in total. The van der Waals surface area contributed by atoms with Crippen LogP contribution in [0.5, 0.6) is 0 Å². The second-order valence-corrected chi connectivity index (χ2v) is 11.1. The average Bonchev–Trinajstić information content (AvgIpc) is 3.43. The SMILES string of the molecule is COC(=O)[C@@H](I)[C@@H]1O[C@H](COC(c2ccccc2)(c2ccccc2)c2ccccc2)[C@H]2OC(C)(C)O[C@@H]12. The molecule has 5 atom stereocenters. The Kier molecular flexibility index (Phi) is 7.70. The summed E-state index contributed by atoms with van der Waals surface area (Å²) in [5.74, 6) is -1.15. The van der Waals surface area contributed by atoms with Gasteiger partial charge in [-0.2, -0.15) is 0 Å². The van der Waals surface area contributed by atoms with Gasteiger partial charge >= 0.3 is 5.97 Å². The molecular formula is C30H31IO6. The summed E-state index contributed by atoms with van der Waals surface area (Å²) in [7, 11) is 1.38. The van der Waals surface area contributed by atoms with Gasteiger partial charge in [0.05, 0.1) is 13.7 Å². The van der Waals surface area contributed by atoms with Crippen LogP contribution in [0.2, 0.25) is 0 Å². The monoisotopic (exact) mass is 614 g/mol. The van der Waals surface area contributed by atoms with Crippen LogP contribution in [0, 0.1) is 0 Å². The fourth-order valence-corrected chi connectivity index (χ4v) is 6.14. The first-order chi connectivity index (χ1) is 17.9. The van der Waals surface area contributed by atoms with E-state index in [0.717, 1.165) is 16.7 Å². The zero-order valence-electron chi connectivity index (χ0n) is 21.1. The van der Waals surface area contributed by atoms with Gasteiger partial charge in [-0.05, 0) is 30.5 Å². The molecule has 0 unspecified atom stereocenters. The van der Waals surface area contributed by atoms with Crippen molar-refractivity contribution in [3.63, 3.8) is 0 Å². The largest absolute Gasteiger partial charge is 0.468 e. The first-order valence-corrected chi connectivity index (χ1v) is 13.6. The minimum atomic E-state index is -0.887. The van der Waals surface area contributed by atoms with Gasteiger partial charge in [-0.25, -0.2) is 0 Å². The van der Waals surface area contributed by atoms with Gasteiger partial charge < -0.3 is 23.7 Å². The zero-order chi connectivity index (χ0) is 26.0. The molecule has 2 saturated heterocycles. The van der Waals surface area contributed by atoms with Gasteiger partial charge in [-0.15, -0.1) is 0 Å². The quantitative estimate of drug-likeness (QED) is 0.149. The number of fused-ring (bicyclic) bond motifs is 1. The molecule has 0 bridgehead atoms. The molecule has 0 saturated carbocycles. The Morgan fingerprint density at radius 1 is 0.865 bits per heavy atom. The van der Waals surface area contributed by atoms with Gasteiger partial charge in [-0.1, -0.05) is 114 Å². The van der Waals surface area contributed by atoms with Crippen LogP contribution in [-0.2, 0) is 34.1 Å². The molecule has 7 heteroatoms. The predicted octanol–water partition coefficient (Wildman–Crippen LogP) is 5.26. The number of alkyl halides is 1. The number of rotatable bonds is 8. The van der Waals surface area contributed by atoms with Crippen molar-refractivity contribution >= 4 is 28.6 Å². The lowest BCUT2D eigenvalue weighted by atomic mass is 9.80. The van der Waals surface area contributed by atoms with Gasteiger partial charge in [0.15, 0.2) is 5.79 Å². The van der Waals surface area contributed by atoms with Crippen LogP contribution in [0.15, 0.2) is 91.0 Å². The highest BCUT2D eigenvalue weighted by Gasteiger charge is 2.58. The van der Waals surface area contributed by atoms with E-state index in [-0.39, 0.29) is 18.7 Å². The fourth-order valence-electron chi connectivity index (χ4n) is 5.31. The minimum Gasteiger partial charge on any atom is -0.468 e. The van der Waals surface area contributed by atoms with Crippen molar-refractivity contribution in [3.05, 3.63) is 108 Å². The lowest BCUT2D eigenvalue weighted by Crippen LogP contribution is -2.40. The molecule has 2 aliphatic rings. The van der Waals surface area contributed by atoms with Crippen molar-refractivity contribution in [1.29, 1.82) is 0 Å². The van der Waals surface area contributed by atoms with Crippen molar-refractivity contribution < 1.29 is 28.5 Å². The number of halogens is 1. The highest BCUT2D eigenvalue weighted by atomic mass is 127. The maximum Gasteiger partial charge on any atom is 0.321 e. The Hall–Kier alpha value is -2.30. The first kappa shape index (κ1) is 26.3. The van der Waals surface area contributed by atoms with Crippen molar-refractivity contribution in [1.82, 2.24) is 0 Å². The summed E-state index contributed by atoms with van der Waals surface area (Å²) in [6.45, 7) is 3.98. The molecular weight excluding hydrogens is 583 g/mol. The average molecular weight is 614 g/mol. The Morgan fingerprint density at radius 2 is 1.32 bits per heavy atom. The molecule has 2 aliphatic heterocycles. The Bertz CT molecular complexity index is 1090. The second-order valence-electron chi connectivity index (χ2n) is 9.72. The number of hydrogen-bond donors (Lipinski definition) is 0. The number of ether oxygens (including phenoxy) is 5. The molecule has 0 radical (unpaired) electrons. The van der Waals surface area contributed by atoms with Crippen molar-refractivity contribution in [3.8, 4) is 0 Å². The number of hydrogen-bond acceptors (Lipinski definition) is 6.